The summed E-state index contributed by atoms with van der Waals surface area (Å²) in [5.41, 5.74) is -0.0756. The van der Waals surface area contributed by atoms with Gasteiger partial charge in [-0.3, -0.25) is 4.79 Å². The maximum absolute atomic E-state index is 11.9. The number of carbonyl (C=O) groups excluding carboxylic acids is 2. The van der Waals surface area contributed by atoms with Gasteiger partial charge >= 0.3 is 5.97 Å². The molecule has 0 heterocycles. The lowest BCUT2D eigenvalue weighted by atomic mass is 9.62. The van der Waals surface area contributed by atoms with Gasteiger partial charge in [0.1, 0.15) is 12.2 Å². The summed E-state index contributed by atoms with van der Waals surface area (Å²) in [5, 5.41) is 12.9. The van der Waals surface area contributed by atoms with Crippen molar-refractivity contribution in [3.8, 4) is 0 Å². The van der Waals surface area contributed by atoms with E-state index < -0.39 is 5.97 Å². The lowest BCUT2D eigenvalue weighted by Crippen LogP contribution is -2.55. The molecule has 1 N–H and O–H groups in total. The van der Waals surface area contributed by atoms with Crippen molar-refractivity contribution in [2.24, 2.45) is 10.8 Å². The molecule has 6 atom stereocenters. The van der Waals surface area contributed by atoms with Gasteiger partial charge in [0.25, 0.3) is 6.47 Å². The molecular weight excluding hydrogens is 422 g/mol. The van der Waals surface area contributed by atoms with Gasteiger partial charge < -0.3 is 19.4 Å². The van der Waals surface area contributed by atoms with E-state index in [1.807, 2.05) is 0 Å². The number of esters is 1. The number of nitrogens with zero attached hydrogens (tertiary/aromatic N) is 1. The van der Waals surface area contributed by atoms with Gasteiger partial charge in [0.05, 0.1) is 18.8 Å². The number of carbonyl (C=O) groups is 2. The second kappa shape index (κ2) is 11.3. The van der Waals surface area contributed by atoms with E-state index in [4.69, 9.17) is 14.2 Å². The summed E-state index contributed by atoms with van der Waals surface area (Å²) in [6, 6.07) is -0.237. The van der Waals surface area contributed by atoms with Crippen LogP contribution in [0.1, 0.15) is 91.4 Å². The second-order valence-corrected chi connectivity index (χ2v) is 11.5. The highest BCUT2D eigenvalue weighted by Gasteiger charge is 2.46. The molecule has 0 bridgehead atoms. The molecule has 0 aromatic rings. The molecule has 0 aliphatic heterocycles. The largest absolute Gasteiger partial charge is 0.462 e. The smallest absolute Gasteiger partial charge is 0.330 e. The molecule has 7 heteroatoms. The third kappa shape index (κ3) is 7.03. The maximum Gasteiger partial charge on any atom is 0.330 e. The molecule has 0 aromatic heterocycles. The van der Waals surface area contributed by atoms with E-state index in [0.29, 0.717) is 13.1 Å². The van der Waals surface area contributed by atoms with Crippen LogP contribution in [0.15, 0.2) is 12.7 Å². The molecule has 3 fully saturated rings. The summed E-state index contributed by atoms with van der Waals surface area (Å²) < 4.78 is 17.3. The highest BCUT2D eigenvalue weighted by molar-refractivity contribution is 5.81. The quantitative estimate of drug-likeness (QED) is 0.226. The van der Waals surface area contributed by atoms with Crippen LogP contribution in [0.25, 0.3) is 0 Å². The van der Waals surface area contributed by atoms with Crippen molar-refractivity contribution in [2.45, 2.75) is 122 Å². The van der Waals surface area contributed by atoms with E-state index in [0.717, 1.165) is 70.6 Å². The van der Waals surface area contributed by atoms with E-state index in [1.54, 1.807) is 0 Å². The monoisotopic (exact) mass is 465 g/mol. The first-order chi connectivity index (χ1) is 15.7. The van der Waals surface area contributed by atoms with E-state index in [9.17, 15) is 14.8 Å². The molecular formula is C26H43NO6. The van der Waals surface area contributed by atoms with Crippen molar-refractivity contribution in [2.75, 3.05) is 6.61 Å². The molecule has 3 rings (SSSR count). The van der Waals surface area contributed by atoms with Crippen molar-refractivity contribution in [1.82, 2.24) is 5.06 Å². The molecule has 7 nitrogen and oxygen atoms in total. The zero-order valence-electron chi connectivity index (χ0n) is 20.7. The third-order valence-electron chi connectivity index (χ3n) is 7.76. The maximum atomic E-state index is 11.9. The molecule has 0 saturated heterocycles. The topological polar surface area (TPSA) is 85.3 Å². The summed E-state index contributed by atoms with van der Waals surface area (Å²) in [6.07, 6.45) is 10.8. The molecule has 0 aromatic carbocycles. The number of ether oxygens (including phenoxy) is 3. The van der Waals surface area contributed by atoms with Gasteiger partial charge in [-0.15, -0.1) is 0 Å². The van der Waals surface area contributed by atoms with Crippen LogP contribution in [0.3, 0.4) is 0 Å². The predicted octanol–water partition coefficient (Wildman–Crippen LogP) is 4.80. The van der Waals surface area contributed by atoms with Gasteiger partial charge in [-0.05, 0) is 68.6 Å². The first kappa shape index (κ1) is 26.2. The lowest BCUT2D eigenvalue weighted by molar-refractivity contribution is -0.222. The highest BCUT2D eigenvalue weighted by Crippen LogP contribution is 2.48. The number of hydrogen-bond acceptors (Lipinski definition) is 7. The Labute approximate surface area is 198 Å². The van der Waals surface area contributed by atoms with Gasteiger partial charge in [0, 0.05) is 12.1 Å². The summed E-state index contributed by atoms with van der Waals surface area (Å²) in [4.78, 5) is 22.8. The second-order valence-electron chi connectivity index (χ2n) is 11.5. The predicted molar refractivity (Wildman–Crippen MR) is 125 cm³/mol. The molecule has 0 radical (unpaired) electrons. The highest BCUT2D eigenvalue weighted by atomic mass is 16.6. The van der Waals surface area contributed by atoms with Crippen molar-refractivity contribution in [3.05, 3.63) is 12.7 Å². The summed E-state index contributed by atoms with van der Waals surface area (Å²) in [6.45, 7) is 11.4. The average Bonchev–Trinajstić information content (AvgIpc) is 2.77. The fraction of sp³-hybridized carbons (Fsp3) is 0.846. The van der Waals surface area contributed by atoms with E-state index in [1.165, 1.54) is 11.1 Å². The van der Waals surface area contributed by atoms with Gasteiger partial charge in [-0.2, -0.15) is 5.06 Å². The van der Waals surface area contributed by atoms with Gasteiger partial charge in [-0.1, -0.05) is 40.2 Å². The molecule has 6 unspecified atom stereocenters. The van der Waals surface area contributed by atoms with Crippen LogP contribution in [0.4, 0.5) is 0 Å². The normalized spacial score (nSPS) is 36.7. The summed E-state index contributed by atoms with van der Waals surface area (Å²) in [7, 11) is 0. The first-order valence-electron chi connectivity index (χ1n) is 12.7. The number of hydrogen-bond donors (Lipinski definition) is 1. The zero-order valence-corrected chi connectivity index (χ0v) is 20.7. The number of rotatable bonds is 9. The minimum atomic E-state index is -0.429. The first-order valence-corrected chi connectivity index (χ1v) is 12.7. The molecule has 0 spiro atoms. The van der Waals surface area contributed by atoms with Crippen LogP contribution in [-0.2, 0) is 23.8 Å². The Bertz CT molecular complexity index is 682. The molecule has 188 valence electrons. The fourth-order valence-corrected chi connectivity index (χ4v) is 6.65. The Morgan fingerprint density at radius 2 is 1.67 bits per heavy atom. The van der Waals surface area contributed by atoms with Gasteiger partial charge in [0.2, 0.25) is 0 Å². The van der Waals surface area contributed by atoms with Crippen LogP contribution in [-0.4, -0.2) is 59.7 Å². The van der Waals surface area contributed by atoms with E-state index in [-0.39, 0.29) is 41.2 Å². The SMILES string of the molecule is C=CC(=O)OC1CCCCC1N(O)C1CC(C)(C)CC(C)(COC2CCCCC2OC=O)C1. The Balaban J connectivity index is 1.68. The zero-order chi connectivity index (χ0) is 24.1. The molecule has 33 heavy (non-hydrogen) atoms. The Kier molecular flexibility index (Phi) is 8.98. The molecule has 0 amide bonds. The number of hydroxylamine groups is 2. The Morgan fingerprint density at radius 1 is 1.03 bits per heavy atom. The fourth-order valence-electron chi connectivity index (χ4n) is 6.65. The Hall–Kier alpha value is -1.44. The van der Waals surface area contributed by atoms with Crippen LogP contribution in [0.2, 0.25) is 0 Å². The molecule has 3 aliphatic carbocycles. The van der Waals surface area contributed by atoms with Crippen LogP contribution in [0, 0.1) is 10.8 Å². The lowest BCUT2D eigenvalue weighted by Gasteiger charge is -2.51. The molecule has 3 aliphatic rings. The Morgan fingerprint density at radius 3 is 2.33 bits per heavy atom. The van der Waals surface area contributed by atoms with Crippen molar-refractivity contribution in [3.63, 3.8) is 0 Å². The van der Waals surface area contributed by atoms with Gasteiger partial charge in [0.15, 0.2) is 0 Å². The summed E-state index contributed by atoms with van der Waals surface area (Å²) >= 11 is 0. The average molecular weight is 466 g/mol. The van der Waals surface area contributed by atoms with Crippen molar-refractivity contribution >= 4 is 12.4 Å². The summed E-state index contributed by atoms with van der Waals surface area (Å²) in [5.74, 6) is -0.429. The molecule has 3 saturated carbocycles. The standard InChI is InChI=1S/C26H43NO6/c1-5-24(29)33-21-11-7-6-10-20(21)27(30)19-14-25(2,3)16-26(4,15-19)17-31-22-12-8-9-13-23(22)32-18-28/h5,18-23,30H,1,6-17H2,2-4H3. The minimum Gasteiger partial charge on any atom is -0.462 e. The van der Waals surface area contributed by atoms with E-state index in [2.05, 4.69) is 27.4 Å². The van der Waals surface area contributed by atoms with Gasteiger partial charge in [-0.25, -0.2) is 4.79 Å². The third-order valence-corrected chi connectivity index (χ3v) is 7.76. The van der Waals surface area contributed by atoms with Crippen LogP contribution >= 0.6 is 0 Å². The minimum absolute atomic E-state index is 0.0369. The van der Waals surface area contributed by atoms with Crippen molar-refractivity contribution < 1.29 is 29.0 Å². The van der Waals surface area contributed by atoms with Crippen molar-refractivity contribution in [1.29, 1.82) is 0 Å². The van der Waals surface area contributed by atoms with Crippen LogP contribution < -0.4 is 0 Å². The van der Waals surface area contributed by atoms with Crippen LogP contribution in [0.5, 0.6) is 0 Å². The van der Waals surface area contributed by atoms with E-state index >= 15 is 0 Å².